The van der Waals surface area contributed by atoms with Gasteiger partial charge in [-0.25, -0.2) is 0 Å². The fraction of sp³-hybridized carbons (Fsp3) is 0.808. The zero-order valence-electron chi connectivity index (χ0n) is 22.5. The fourth-order valence-corrected chi connectivity index (χ4v) is 5.83. The number of thioether (sulfide) groups is 1. The Morgan fingerprint density at radius 3 is 2.24 bits per heavy atom. The zero-order valence-corrected chi connectivity index (χ0v) is 23.3. The van der Waals surface area contributed by atoms with Crippen molar-refractivity contribution in [3.8, 4) is 0 Å². The van der Waals surface area contributed by atoms with Crippen molar-refractivity contribution in [1.82, 2.24) is 20.0 Å². The third kappa shape index (κ3) is 7.23. The highest BCUT2D eigenvalue weighted by Gasteiger charge is 2.36. The molecule has 0 aromatic heterocycles. The first-order valence-corrected chi connectivity index (χ1v) is 14.0. The van der Waals surface area contributed by atoms with Gasteiger partial charge in [0, 0.05) is 31.0 Å². The van der Waals surface area contributed by atoms with Crippen molar-refractivity contribution < 1.29 is 14.4 Å². The Morgan fingerprint density at radius 2 is 1.71 bits per heavy atom. The van der Waals surface area contributed by atoms with Gasteiger partial charge in [-0.15, -0.1) is 11.8 Å². The molecule has 0 bridgehead atoms. The van der Waals surface area contributed by atoms with E-state index in [2.05, 4.69) is 37.9 Å². The largest absolute Gasteiger partial charge is 0.343 e. The van der Waals surface area contributed by atoms with E-state index in [9.17, 15) is 14.4 Å². The summed E-state index contributed by atoms with van der Waals surface area (Å²) in [6, 6.07) is -0.732. The standard InChI is InChI=1S/C26H46N4O3S/c1-17(2)22(15-20(7)25(32)29-13-14-34-16-29)28(8)26(33)23(18(3)4)27-24(31)21-11-9-10-12-30(21)19(5)6/h15,17-19,21-23H,9-14,16H2,1-8H3,(H,27,31)/t21-,22?,23+/m1/s1. The molecule has 0 aliphatic carbocycles. The number of likely N-dealkylation sites (N-methyl/N-ethyl adjacent to an activating group) is 1. The molecule has 2 rings (SSSR count). The lowest BCUT2D eigenvalue weighted by molar-refractivity contribution is -0.140. The van der Waals surface area contributed by atoms with Crippen molar-refractivity contribution >= 4 is 29.5 Å². The zero-order chi connectivity index (χ0) is 25.6. The highest BCUT2D eigenvalue weighted by molar-refractivity contribution is 7.99. The summed E-state index contributed by atoms with van der Waals surface area (Å²) in [5, 5.41) is 3.10. The summed E-state index contributed by atoms with van der Waals surface area (Å²) in [5.41, 5.74) is 0.667. The van der Waals surface area contributed by atoms with Crippen LogP contribution in [-0.2, 0) is 14.4 Å². The Kier molecular flexibility index (Phi) is 10.9. The minimum Gasteiger partial charge on any atom is -0.343 e. The van der Waals surface area contributed by atoms with Gasteiger partial charge in [0.25, 0.3) is 0 Å². The van der Waals surface area contributed by atoms with Crippen LogP contribution < -0.4 is 5.32 Å². The maximum absolute atomic E-state index is 13.6. The molecule has 7 nitrogen and oxygen atoms in total. The van der Waals surface area contributed by atoms with Crippen molar-refractivity contribution in [3.05, 3.63) is 11.6 Å². The summed E-state index contributed by atoms with van der Waals surface area (Å²) < 4.78 is 0. The predicted octanol–water partition coefficient (Wildman–Crippen LogP) is 3.35. The fourth-order valence-electron chi connectivity index (χ4n) is 4.89. The number of carbonyl (C=O) groups excluding carboxylic acids is 3. The molecule has 2 heterocycles. The normalized spacial score (nSPS) is 21.8. The van der Waals surface area contributed by atoms with E-state index in [4.69, 9.17) is 0 Å². The van der Waals surface area contributed by atoms with Gasteiger partial charge in [-0.1, -0.05) is 40.2 Å². The Labute approximate surface area is 211 Å². The van der Waals surface area contributed by atoms with Gasteiger partial charge in [0.15, 0.2) is 0 Å². The Bertz CT molecular complexity index is 746. The molecule has 194 valence electrons. The van der Waals surface area contributed by atoms with Gasteiger partial charge in [0.1, 0.15) is 6.04 Å². The van der Waals surface area contributed by atoms with Crippen molar-refractivity contribution in [3.63, 3.8) is 0 Å². The molecule has 0 aromatic rings. The summed E-state index contributed by atoms with van der Waals surface area (Å²) in [5.74, 6) is 1.65. The van der Waals surface area contributed by atoms with E-state index in [0.717, 1.165) is 44.0 Å². The van der Waals surface area contributed by atoms with Crippen LogP contribution in [0.1, 0.15) is 67.7 Å². The molecule has 3 atom stereocenters. The summed E-state index contributed by atoms with van der Waals surface area (Å²) >= 11 is 1.76. The van der Waals surface area contributed by atoms with Crippen LogP contribution in [0.25, 0.3) is 0 Å². The first-order chi connectivity index (χ1) is 16.0. The van der Waals surface area contributed by atoms with E-state index in [1.165, 1.54) is 0 Å². The number of likely N-dealkylation sites (tertiary alicyclic amines) is 1. The average molecular weight is 495 g/mol. The molecule has 2 aliphatic rings. The van der Waals surface area contributed by atoms with Crippen LogP contribution in [0.15, 0.2) is 11.6 Å². The second-order valence-electron chi connectivity index (χ2n) is 10.7. The minimum atomic E-state index is -0.603. The van der Waals surface area contributed by atoms with Crippen LogP contribution in [0.5, 0.6) is 0 Å². The highest BCUT2D eigenvalue weighted by atomic mass is 32.2. The number of hydrogen-bond acceptors (Lipinski definition) is 5. The molecule has 0 radical (unpaired) electrons. The summed E-state index contributed by atoms with van der Waals surface area (Å²) in [6.07, 6.45) is 4.89. The molecule has 1 N–H and O–H groups in total. The maximum atomic E-state index is 13.6. The number of nitrogens with one attached hydrogen (secondary N) is 1. The third-order valence-corrected chi connectivity index (χ3v) is 7.98. The molecule has 0 spiro atoms. The molecule has 1 unspecified atom stereocenters. The van der Waals surface area contributed by atoms with E-state index in [-0.39, 0.29) is 47.7 Å². The number of rotatable bonds is 9. The molecule has 0 saturated carbocycles. The Balaban J connectivity index is 2.17. The molecule has 2 fully saturated rings. The number of piperidine rings is 1. The Morgan fingerprint density at radius 1 is 1.03 bits per heavy atom. The lowest BCUT2D eigenvalue weighted by atomic mass is 9.95. The van der Waals surface area contributed by atoms with Crippen LogP contribution in [0.2, 0.25) is 0 Å². The van der Waals surface area contributed by atoms with Crippen molar-refractivity contribution in [2.45, 2.75) is 91.9 Å². The first-order valence-electron chi connectivity index (χ1n) is 12.8. The minimum absolute atomic E-state index is 0.0382. The Hall–Kier alpha value is -1.54. The van der Waals surface area contributed by atoms with E-state index >= 15 is 0 Å². The molecule has 34 heavy (non-hydrogen) atoms. The van der Waals surface area contributed by atoms with Gasteiger partial charge in [-0.05, 0) is 52.0 Å². The molecule has 3 amide bonds. The number of amides is 3. The van der Waals surface area contributed by atoms with Crippen molar-refractivity contribution in [2.24, 2.45) is 11.8 Å². The second kappa shape index (κ2) is 13.0. The van der Waals surface area contributed by atoms with Gasteiger partial charge < -0.3 is 15.1 Å². The maximum Gasteiger partial charge on any atom is 0.249 e. The quantitative estimate of drug-likeness (QED) is 0.498. The second-order valence-corrected chi connectivity index (χ2v) is 11.8. The molecular formula is C26H46N4O3S. The number of carbonyl (C=O) groups is 3. The van der Waals surface area contributed by atoms with E-state index in [1.54, 1.807) is 23.7 Å². The van der Waals surface area contributed by atoms with Crippen molar-refractivity contribution in [1.29, 1.82) is 0 Å². The molecular weight excluding hydrogens is 448 g/mol. The third-order valence-electron chi connectivity index (χ3n) is 7.02. The van der Waals surface area contributed by atoms with Gasteiger partial charge in [-0.2, -0.15) is 0 Å². The summed E-state index contributed by atoms with van der Waals surface area (Å²) in [4.78, 5) is 45.6. The van der Waals surface area contributed by atoms with Gasteiger partial charge in [0.2, 0.25) is 17.7 Å². The molecule has 2 aliphatic heterocycles. The van der Waals surface area contributed by atoms with Crippen LogP contribution in [0, 0.1) is 11.8 Å². The van der Waals surface area contributed by atoms with Gasteiger partial charge >= 0.3 is 0 Å². The van der Waals surface area contributed by atoms with E-state index < -0.39 is 6.04 Å². The van der Waals surface area contributed by atoms with Gasteiger partial charge in [-0.3, -0.25) is 19.3 Å². The van der Waals surface area contributed by atoms with Gasteiger partial charge in [0.05, 0.1) is 18.0 Å². The van der Waals surface area contributed by atoms with E-state index in [0.29, 0.717) is 5.57 Å². The highest BCUT2D eigenvalue weighted by Crippen LogP contribution is 2.22. The lowest BCUT2D eigenvalue weighted by Crippen LogP contribution is -2.58. The molecule has 0 aromatic carbocycles. The first kappa shape index (κ1) is 28.7. The molecule has 2 saturated heterocycles. The van der Waals surface area contributed by atoms with Crippen LogP contribution in [0.3, 0.4) is 0 Å². The average Bonchev–Trinajstić information content (AvgIpc) is 3.33. The summed E-state index contributed by atoms with van der Waals surface area (Å²) in [6.45, 7) is 15.8. The smallest absolute Gasteiger partial charge is 0.249 e. The van der Waals surface area contributed by atoms with Crippen molar-refractivity contribution in [2.75, 3.05) is 31.8 Å². The summed E-state index contributed by atoms with van der Waals surface area (Å²) in [7, 11) is 1.79. The monoisotopic (exact) mass is 494 g/mol. The van der Waals surface area contributed by atoms with E-state index in [1.807, 2.05) is 31.7 Å². The van der Waals surface area contributed by atoms with Crippen LogP contribution in [0.4, 0.5) is 0 Å². The van der Waals surface area contributed by atoms with Crippen LogP contribution in [-0.4, -0.2) is 88.4 Å². The SMILES string of the molecule is CC(=CC(C(C)C)N(C)C(=O)[C@@H](NC(=O)[C@H]1CCCCN1C(C)C)C(C)C)C(=O)N1CCSC1. The topological polar surface area (TPSA) is 73.0 Å². The van der Waals surface area contributed by atoms with Crippen LogP contribution >= 0.6 is 11.8 Å². The number of nitrogens with zero attached hydrogens (tertiary/aromatic N) is 3. The molecule has 8 heteroatoms. The predicted molar refractivity (Wildman–Crippen MR) is 140 cm³/mol. The lowest BCUT2D eigenvalue weighted by Gasteiger charge is -2.39. The number of hydrogen-bond donors (Lipinski definition) is 1.